The van der Waals surface area contributed by atoms with Crippen LogP contribution in [-0.2, 0) is 33.9 Å². The van der Waals surface area contributed by atoms with Crippen molar-refractivity contribution in [2.75, 3.05) is 26.1 Å². The monoisotopic (exact) mass is 481 g/mol. The Morgan fingerprint density at radius 1 is 1.15 bits per heavy atom. The summed E-state index contributed by atoms with van der Waals surface area (Å²) in [5.41, 5.74) is -3.19. The molecule has 0 saturated carbocycles. The number of hydrogen-bond acceptors (Lipinski definition) is 6. The summed E-state index contributed by atoms with van der Waals surface area (Å²) >= 11 is 0. The van der Waals surface area contributed by atoms with Crippen LogP contribution < -0.4 is 10.1 Å². The molecule has 0 radical (unpaired) electrons. The lowest BCUT2D eigenvalue weighted by Gasteiger charge is -2.29. The van der Waals surface area contributed by atoms with Crippen LogP contribution in [0.25, 0.3) is 0 Å². The van der Waals surface area contributed by atoms with Gasteiger partial charge in [0.05, 0.1) is 30.6 Å². The molecule has 9 heteroatoms. The van der Waals surface area contributed by atoms with E-state index in [4.69, 9.17) is 23.9 Å². The van der Waals surface area contributed by atoms with Crippen molar-refractivity contribution < 1.29 is 47.4 Å². The molecule has 3 amide bonds. The minimum atomic E-state index is -3.78. The van der Waals surface area contributed by atoms with Gasteiger partial charge in [-0.25, -0.2) is 4.39 Å². The third-order valence-corrected chi connectivity index (χ3v) is 5.15. The number of amides is 3. The molecule has 178 valence electrons. The Bertz CT molecular complexity index is 1700. The highest BCUT2D eigenvalue weighted by atomic mass is 19.1. The minimum Gasteiger partial charge on any atom is -0.488 e. The fraction of sp³-hybridized carbons (Fsp3) is 0.400. The Hall–Kier alpha value is -3.30. The lowest BCUT2D eigenvalue weighted by Crippen LogP contribution is -2.52. The molecule has 3 aliphatic rings. The highest BCUT2D eigenvalue weighted by Crippen LogP contribution is 2.34. The number of carbonyl (C=O) groups excluding carboxylic acids is 3. The predicted molar refractivity (Wildman–Crippen MR) is 119 cm³/mol. The van der Waals surface area contributed by atoms with E-state index in [9.17, 15) is 14.4 Å². The Labute approximate surface area is 216 Å². The van der Waals surface area contributed by atoms with Crippen molar-refractivity contribution in [3.05, 3.63) is 64.5 Å². The van der Waals surface area contributed by atoms with Crippen LogP contribution in [0.5, 0.6) is 5.75 Å². The summed E-state index contributed by atoms with van der Waals surface area (Å²) in [6.45, 7) is -24.8. The second-order valence-corrected chi connectivity index (χ2v) is 7.28. The number of benzene rings is 2. The average molecular weight is 482 g/mol. The van der Waals surface area contributed by atoms with E-state index in [1.165, 1.54) is 12.1 Å². The van der Waals surface area contributed by atoms with Gasteiger partial charge in [0.25, 0.3) is 5.91 Å². The topological polar surface area (TPSA) is 88.2 Å². The third-order valence-electron chi connectivity index (χ3n) is 5.15. The number of hydrogen-bond donors (Lipinski definition) is 1. The lowest BCUT2D eigenvalue weighted by atomic mass is 10.0. The number of morpholine rings is 1. The van der Waals surface area contributed by atoms with Crippen molar-refractivity contribution in [3.63, 3.8) is 0 Å². The summed E-state index contributed by atoms with van der Waals surface area (Å²) < 4.78 is 142. The standard InChI is InChI=1S/C25H26FN3O5/c26-23-16(13-28-9-11-33-12-10-28)3-1-4-17(23)15-34-21-6-2-5-18-19(21)14-29(25(18)32)20-7-8-22(30)27-24(20)31/h1-6,20H,7-15H2,(H,27,30,31)/i9D2,10D2,11D2,12D2,13D2,14D2,15D2. The maximum absolute atomic E-state index is 16.2. The van der Waals surface area contributed by atoms with Crippen LogP contribution in [0.15, 0.2) is 36.4 Å². The van der Waals surface area contributed by atoms with E-state index in [0.717, 1.165) is 18.2 Å². The number of fused-ring (bicyclic) bond motifs is 1. The molecular weight excluding hydrogens is 441 g/mol. The van der Waals surface area contributed by atoms with E-state index in [2.05, 4.69) is 4.74 Å². The van der Waals surface area contributed by atoms with Gasteiger partial charge < -0.3 is 14.4 Å². The maximum atomic E-state index is 16.2. The number of carbonyl (C=O) groups is 3. The van der Waals surface area contributed by atoms with Gasteiger partial charge in [-0.15, -0.1) is 0 Å². The summed E-state index contributed by atoms with van der Waals surface area (Å²) in [6, 6.07) is 4.37. The molecular formula is C25H26FN3O5. The van der Waals surface area contributed by atoms with Crippen LogP contribution in [0.2, 0.25) is 0 Å². The first-order chi connectivity index (χ1) is 21.7. The van der Waals surface area contributed by atoms with Crippen LogP contribution in [0.4, 0.5) is 4.39 Å². The Morgan fingerprint density at radius 3 is 2.71 bits per heavy atom. The molecule has 1 N–H and O–H groups in total. The second-order valence-electron chi connectivity index (χ2n) is 7.28. The molecule has 0 aliphatic carbocycles. The fourth-order valence-electron chi connectivity index (χ4n) is 3.53. The molecule has 3 heterocycles. The summed E-state index contributed by atoms with van der Waals surface area (Å²) in [5, 5.41) is 2.03. The van der Waals surface area contributed by atoms with Crippen molar-refractivity contribution in [1.82, 2.24) is 15.1 Å². The van der Waals surface area contributed by atoms with Gasteiger partial charge in [-0.1, -0.05) is 24.3 Å². The summed E-state index contributed by atoms with van der Waals surface area (Å²) in [5.74, 6) is -4.93. The lowest BCUT2D eigenvalue weighted by molar-refractivity contribution is -0.136. The number of rotatable bonds is 6. The van der Waals surface area contributed by atoms with Gasteiger partial charge >= 0.3 is 0 Å². The van der Waals surface area contributed by atoms with Gasteiger partial charge in [0.2, 0.25) is 11.8 Å². The molecule has 34 heavy (non-hydrogen) atoms. The Kier molecular flexibility index (Phi) is 3.20. The Morgan fingerprint density at radius 2 is 1.91 bits per heavy atom. The summed E-state index contributed by atoms with van der Waals surface area (Å²) in [7, 11) is 0. The molecule has 0 spiro atoms. The van der Waals surface area contributed by atoms with E-state index in [1.54, 1.807) is 0 Å². The first kappa shape index (κ1) is 11.4. The summed E-state index contributed by atoms with van der Waals surface area (Å²) in [6.07, 6.45) is -0.395. The molecule has 3 aliphatic heterocycles. The van der Waals surface area contributed by atoms with Gasteiger partial charge in [0.1, 0.15) is 24.2 Å². The quantitative estimate of drug-likeness (QED) is 0.635. The largest absolute Gasteiger partial charge is 0.488 e. The van der Waals surface area contributed by atoms with Crippen molar-refractivity contribution in [3.8, 4) is 5.75 Å². The first-order valence-corrected chi connectivity index (χ1v) is 10.0. The van der Waals surface area contributed by atoms with Crippen molar-refractivity contribution >= 4 is 17.7 Å². The molecule has 1 atom stereocenters. The summed E-state index contributed by atoms with van der Waals surface area (Å²) in [4.78, 5) is 37.6. The maximum Gasteiger partial charge on any atom is 0.255 e. The van der Waals surface area contributed by atoms with E-state index in [1.807, 2.05) is 5.32 Å². The molecule has 1 unspecified atom stereocenters. The van der Waals surface area contributed by atoms with Crippen LogP contribution in [-0.4, -0.2) is 59.7 Å². The van der Waals surface area contributed by atoms with Gasteiger partial charge in [-0.05, 0) is 18.6 Å². The van der Waals surface area contributed by atoms with E-state index in [-0.39, 0.29) is 18.4 Å². The highest BCUT2D eigenvalue weighted by Gasteiger charge is 2.40. The molecule has 2 saturated heterocycles. The van der Waals surface area contributed by atoms with E-state index >= 15 is 4.39 Å². The van der Waals surface area contributed by atoms with Gasteiger partial charge in [-0.3, -0.25) is 24.6 Å². The molecule has 5 rings (SSSR count). The normalized spacial score (nSPS) is 35.3. The van der Waals surface area contributed by atoms with Gasteiger partial charge in [-0.2, -0.15) is 0 Å². The predicted octanol–water partition coefficient (Wildman–Crippen LogP) is 2.00. The number of nitrogens with zero attached hydrogens (tertiary/aromatic N) is 2. The van der Waals surface area contributed by atoms with Crippen LogP contribution >= 0.6 is 0 Å². The minimum absolute atomic E-state index is 0.190. The van der Waals surface area contributed by atoms with E-state index in [0.29, 0.717) is 11.0 Å². The zero-order valence-electron chi connectivity index (χ0n) is 31.3. The zero-order valence-corrected chi connectivity index (χ0v) is 17.3. The van der Waals surface area contributed by atoms with Crippen LogP contribution in [0.3, 0.4) is 0 Å². The smallest absolute Gasteiger partial charge is 0.255 e. The van der Waals surface area contributed by atoms with Crippen LogP contribution in [0.1, 0.15) is 59.1 Å². The SMILES string of the molecule is [2H]C([2H])(Oc1cccc2c1C([2H])([2H])N(C1CCC(=O)NC1=O)C2=O)c1cccc(C([2H])([2H])N2C([2H])([2H])C([2H])([2H])OC([2H])([2H])C2([2H])[2H])c1F. The van der Waals surface area contributed by atoms with Crippen molar-refractivity contribution in [2.45, 2.75) is 38.4 Å². The van der Waals surface area contributed by atoms with Crippen molar-refractivity contribution in [1.29, 1.82) is 0 Å². The average Bonchev–Trinajstić information content (AvgIpc) is 3.12. The van der Waals surface area contributed by atoms with Crippen LogP contribution in [0, 0.1) is 5.82 Å². The molecule has 2 aromatic rings. The molecule has 0 aromatic heterocycles. The second kappa shape index (κ2) is 9.52. The molecule has 2 aromatic carbocycles. The number of halogens is 1. The fourth-order valence-corrected chi connectivity index (χ4v) is 3.53. The number of nitrogens with one attached hydrogen (secondary N) is 1. The number of piperidine rings is 1. The van der Waals surface area contributed by atoms with Gasteiger partial charge in [0.15, 0.2) is 0 Å². The number of imide groups is 1. The van der Waals surface area contributed by atoms with Crippen molar-refractivity contribution in [2.24, 2.45) is 0 Å². The highest BCUT2D eigenvalue weighted by molar-refractivity contribution is 6.05. The van der Waals surface area contributed by atoms with E-state index < -0.39 is 103 Å². The third kappa shape index (κ3) is 4.41. The zero-order chi connectivity index (χ0) is 36.2. The first-order valence-electron chi connectivity index (χ1n) is 17.0. The molecule has 2 fully saturated rings. The Balaban J connectivity index is 1.56. The molecule has 8 nitrogen and oxygen atoms in total. The number of ether oxygens (including phenoxy) is 2. The molecule has 0 bridgehead atoms. The van der Waals surface area contributed by atoms with Gasteiger partial charge in [0, 0.05) is 56.4 Å².